The molecule has 2 aromatic rings. The van der Waals surface area contributed by atoms with Crippen LogP contribution >= 0.6 is 0 Å². The number of nitrogen functional groups attached to an aromatic ring is 1. The van der Waals surface area contributed by atoms with Crippen LogP contribution in [0.2, 0.25) is 0 Å². The Morgan fingerprint density at radius 1 is 1.28 bits per heavy atom. The van der Waals surface area contributed by atoms with Crippen molar-refractivity contribution in [3.63, 3.8) is 0 Å². The van der Waals surface area contributed by atoms with Crippen LogP contribution in [0.25, 0.3) is 0 Å². The van der Waals surface area contributed by atoms with Crippen molar-refractivity contribution in [3.8, 4) is 11.5 Å². The standard InChI is InChI=1S/C15H16N2O/c1-11-9-13(7-8-14(11)16)18-15-6-4-3-5-12(15)10-17-2/h5-9,17H,10,16H2,1-2H3. The molecule has 0 amide bonds. The van der Waals surface area contributed by atoms with Crippen molar-refractivity contribution in [2.45, 2.75) is 13.5 Å². The molecule has 0 spiro atoms. The van der Waals surface area contributed by atoms with Gasteiger partial charge in [-0.25, -0.2) is 0 Å². The van der Waals surface area contributed by atoms with E-state index in [9.17, 15) is 0 Å². The number of benzene rings is 1. The first-order valence-corrected chi connectivity index (χ1v) is 5.80. The van der Waals surface area contributed by atoms with Crippen LogP contribution < -0.4 is 15.8 Å². The van der Waals surface area contributed by atoms with Crippen LogP contribution in [-0.4, -0.2) is 7.05 Å². The molecule has 3 heteroatoms. The van der Waals surface area contributed by atoms with E-state index >= 15 is 0 Å². The lowest BCUT2D eigenvalue weighted by Gasteiger charge is -2.10. The summed E-state index contributed by atoms with van der Waals surface area (Å²) in [6.07, 6.45) is 0. The first-order chi connectivity index (χ1) is 8.70. The maximum absolute atomic E-state index is 5.85. The van der Waals surface area contributed by atoms with E-state index in [2.05, 4.69) is 17.4 Å². The summed E-state index contributed by atoms with van der Waals surface area (Å²) in [4.78, 5) is 0. The Kier molecular flexibility index (Phi) is 3.71. The highest BCUT2D eigenvalue weighted by Crippen LogP contribution is 2.26. The molecule has 0 bridgehead atoms. The minimum Gasteiger partial charge on any atom is -0.456 e. The van der Waals surface area contributed by atoms with Gasteiger partial charge in [0.05, 0.1) is 0 Å². The van der Waals surface area contributed by atoms with Gasteiger partial charge in [0.15, 0.2) is 0 Å². The number of aryl methyl sites for hydroxylation is 1. The SMILES string of the molecule is CNCc1cc#ccc1Oc1ccc(N)c(C)c1. The Morgan fingerprint density at radius 3 is 2.78 bits per heavy atom. The average Bonchev–Trinajstić information content (AvgIpc) is 2.37. The first-order valence-electron chi connectivity index (χ1n) is 5.80. The maximum atomic E-state index is 5.85. The molecule has 0 radical (unpaired) electrons. The number of anilines is 1. The second kappa shape index (κ2) is 5.44. The predicted octanol–water partition coefficient (Wildman–Crippen LogP) is 2.69. The zero-order valence-electron chi connectivity index (χ0n) is 10.6. The molecule has 2 rings (SSSR count). The van der Waals surface area contributed by atoms with Gasteiger partial charge >= 0.3 is 0 Å². The summed E-state index contributed by atoms with van der Waals surface area (Å²) in [5.74, 6) is 1.56. The summed E-state index contributed by atoms with van der Waals surface area (Å²) in [7, 11) is 1.90. The number of hydrogen-bond donors (Lipinski definition) is 2. The van der Waals surface area contributed by atoms with Gasteiger partial charge in [0, 0.05) is 23.9 Å². The molecule has 0 saturated heterocycles. The Labute approximate surface area is 108 Å². The third-order valence-electron chi connectivity index (χ3n) is 2.69. The summed E-state index contributed by atoms with van der Waals surface area (Å²) in [5, 5.41) is 3.10. The van der Waals surface area contributed by atoms with Crippen molar-refractivity contribution in [2.75, 3.05) is 12.8 Å². The Morgan fingerprint density at radius 2 is 2.06 bits per heavy atom. The summed E-state index contributed by atoms with van der Waals surface area (Å²) < 4.78 is 5.85. The van der Waals surface area contributed by atoms with E-state index in [1.807, 2.05) is 38.2 Å². The van der Waals surface area contributed by atoms with Crippen LogP contribution in [0, 0.1) is 19.1 Å². The van der Waals surface area contributed by atoms with Crippen molar-refractivity contribution in [1.82, 2.24) is 5.32 Å². The predicted molar refractivity (Wildman–Crippen MR) is 72.5 cm³/mol. The molecule has 0 aliphatic rings. The minimum absolute atomic E-state index is 0.731. The molecule has 0 unspecified atom stereocenters. The van der Waals surface area contributed by atoms with E-state index in [0.717, 1.165) is 34.9 Å². The zero-order valence-corrected chi connectivity index (χ0v) is 10.6. The van der Waals surface area contributed by atoms with Gasteiger partial charge in [-0.05, 0) is 43.8 Å². The van der Waals surface area contributed by atoms with Gasteiger partial charge in [0.1, 0.15) is 11.5 Å². The highest BCUT2D eigenvalue weighted by molar-refractivity contribution is 5.50. The molecule has 0 saturated carbocycles. The fourth-order valence-electron chi connectivity index (χ4n) is 1.66. The van der Waals surface area contributed by atoms with Gasteiger partial charge in [0.2, 0.25) is 0 Å². The summed E-state index contributed by atoms with van der Waals surface area (Å²) >= 11 is 0. The molecule has 18 heavy (non-hydrogen) atoms. The fraction of sp³-hybridized carbons (Fsp3) is 0.200. The maximum Gasteiger partial charge on any atom is 0.140 e. The fourth-order valence-corrected chi connectivity index (χ4v) is 1.66. The summed E-state index contributed by atoms with van der Waals surface area (Å²) in [5.41, 5.74) is 8.61. The molecule has 0 atom stereocenters. The Bertz CT molecular complexity index is 538. The molecule has 0 aliphatic heterocycles. The highest BCUT2D eigenvalue weighted by atomic mass is 16.5. The quantitative estimate of drug-likeness (QED) is 0.808. The monoisotopic (exact) mass is 240 g/mol. The van der Waals surface area contributed by atoms with Crippen LogP contribution in [0.5, 0.6) is 11.5 Å². The van der Waals surface area contributed by atoms with Gasteiger partial charge in [-0.15, -0.1) is 0 Å². The van der Waals surface area contributed by atoms with Crippen LogP contribution in [0.4, 0.5) is 5.69 Å². The smallest absolute Gasteiger partial charge is 0.140 e. The van der Waals surface area contributed by atoms with Gasteiger partial charge in [-0.3, -0.25) is 0 Å². The topological polar surface area (TPSA) is 47.3 Å². The second-order valence-corrected chi connectivity index (χ2v) is 4.12. The van der Waals surface area contributed by atoms with E-state index in [0.29, 0.717) is 0 Å². The van der Waals surface area contributed by atoms with Crippen molar-refractivity contribution in [3.05, 3.63) is 53.6 Å². The first kappa shape index (κ1) is 12.3. The van der Waals surface area contributed by atoms with E-state index in [1.54, 1.807) is 6.07 Å². The number of hydrogen-bond acceptors (Lipinski definition) is 3. The molecule has 0 heterocycles. The van der Waals surface area contributed by atoms with E-state index in [1.165, 1.54) is 0 Å². The molecular weight excluding hydrogens is 224 g/mol. The van der Waals surface area contributed by atoms with E-state index < -0.39 is 0 Å². The van der Waals surface area contributed by atoms with Crippen molar-refractivity contribution < 1.29 is 4.74 Å². The molecule has 3 N–H and O–H groups in total. The van der Waals surface area contributed by atoms with Crippen LogP contribution in [-0.2, 0) is 6.54 Å². The number of ether oxygens (including phenoxy) is 1. The summed E-state index contributed by atoms with van der Waals surface area (Å²) in [6.45, 7) is 2.69. The highest BCUT2D eigenvalue weighted by Gasteiger charge is 2.04. The van der Waals surface area contributed by atoms with Crippen LogP contribution in [0.3, 0.4) is 0 Å². The van der Waals surface area contributed by atoms with E-state index in [4.69, 9.17) is 10.5 Å². The van der Waals surface area contributed by atoms with Crippen molar-refractivity contribution in [2.24, 2.45) is 0 Å². The largest absolute Gasteiger partial charge is 0.456 e. The van der Waals surface area contributed by atoms with E-state index in [-0.39, 0.29) is 0 Å². The average molecular weight is 240 g/mol. The van der Waals surface area contributed by atoms with Crippen molar-refractivity contribution in [1.29, 1.82) is 0 Å². The summed E-state index contributed by atoms with van der Waals surface area (Å²) in [6, 6.07) is 15.1. The molecule has 0 aromatic heterocycles. The molecule has 0 aliphatic carbocycles. The number of rotatable bonds is 4. The Hall–Kier alpha value is -2.18. The van der Waals surface area contributed by atoms with Gasteiger partial charge in [-0.1, -0.05) is 12.1 Å². The molecule has 92 valence electrons. The lowest BCUT2D eigenvalue weighted by Crippen LogP contribution is -2.06. The molecule has 0 fully saturated rings. The van der Waals surface area contributed by atoms with Gasteiger partial charge < -0.3 is 15.8 Å². The van der Waals surface area contributed by atoms with Gasteiger partial charge in [0.25, 0.3) is 0 Å². The zero-order chi connectivity index (χ0) is 13.0. The lowest BCUT2D eigenvalue weighted by atomic mass is 10.2. The molecule has 2 aromatic carbocycles. The third-order valence-corrected chi connectivity index (χ3v) is 2.69. The molecule has 3 nitrogen and oxygen atoms in total. The number of nitrogens with one attached hydrogen (secondary N) is 1. The number of nitrogens with two attached hydrogens (primary N) is 1. The molecular formula is C15H16N2O. The van der Waals surface area contributed by atoms with Crippen molar-refractivity contribution >= 4 is 5.69 Å². The second-order valence-electron chi connectivity index (χ2n) is 4.12. The normalized spacial score (nSPS) is 9.89. The lowest BCUT2D eigenvalue weighted by molar-refractivity contribution is 0.474. The minimum atomic E-state index is 0.731. The Balaban J connectivity index is 2.25. The third kappa shape index (κ3) is 2.73. The van der Waals surface area contributed by atoms with Crippen LogP contribution in [0.1, 0.15) is 11.1 Å². The van der Waals surface area contributed by atoms with Crippen LogP contribution in [0.15, 0.2) is 30.3 Å². The van der Waals surface area contributed by atoms with Gasteiger partial charge in [-0.2, -0.15) is 0 Å².